The number of amides is 1. The van der Waals surface area contributed by atoms with E-state index in [1.165, 1.54) is 55.2 Å². The van der Waals surface area contributed by atoms with Crippen LogP contribution in [0.5, 0.6) is 0 Å². The number of carbonyl (C=O) groups is 1. The van der Waals surface area contributed by atoms with Gasteiger partial charge in [0.25, 0.3) is 0 Å². The number of aryl methyl sites for hydroxylation is 2. The Morgan fingerprint density at radius 3 is 2.28 bits per heavy atom. The summed E-state index contributed by atoms with van der Waals surface area (Å²) in [5.41, 5.74) is 4.54. The van der Waals surface area contributed by atoms with E-state index in [-0.39, 0.29) is 42.2 Å². The highest BCUT2D eigenvalue weighted by Crippen LogP contribution is 2.42. The molecule has 1 aromatic rings. The lowest BCUT2D eigenvalue weighted by atomic mass is 9.76. The van der Waals surface area contributed by atoms with Crippen LogP contribution in [0.1, 0.15) is 61.6 Å². The molecule has 1 spiro atoms. The predicted molar refractivity (Wildman–Crippen MR) is 125 cm³/mol. The topological polar surface area (TPSA) is 53.2 Å². The minimum absolute atomic E-state index is 0. The molecule has 1 aliphatic carbocycles. The van der Waals surface area contributed by atoms with Gasteiger partial charge in [-0.3, -0.25) is 4.79 Å². The Labute approximate surface area is 188 Å². The monoisotopic (exact) mass is 441 g/mol. The van der Waals surface area contributed by atoms with Gasteiger partial charge in [0.15, 0.2) is 0 Å². The van der Waals surface area contributed by atoms with Gasteiger partial charge in [0, 0.05) is 18.5 Å². The minimum atomic E-state index is -0.0131. The molecule has 1 unspecified atom stereocenters. The molecule has 1 amide bonds. The third-order valence-corrected chi connectivity index (χ3v) is 7.34. The third kappa shape index (κ3) is 5.28. The molecule has 0 radical (unpaired) electrons. The number of hydrogen-bond donors (Lipinski definition) is 3. The Balaban J connectivity index is 0.00000150. The van der Waals surface area contributed by atoms with Crippen molar-refractivity contribution in [2.24, 2.45) is 5.41 Å². The summed E-state index contributed by atoms with van der Waals surface area (Å²) in [6.07, 6.45) is 8.28. The van der Waals surface area contributed by atoms with Crippen molar-refractivity contribution in [3.8, 4) is 0 Å². The molecule has 29 heavy (non-hydrogen) atoms. The first-order chi connectivity index (χ1) is 13.0. The summed E-state index contributed by atoms with van der Waals surface area (Å²) in [5.74, 6) is 0.209. The highest BCUT2D eigenvalue weighted by Gasteiger charge is 2.43. The van der Waals surface area contributed by atoms with Crippen LogP contribution in [0, 0.1) is 19.3 Å². The summed E-state index contributed by atoms with van der Waals surface area (Å²) in [6, 6.07) is 6.90. The first-order valence-corrected chi connectivity index (χ1v) is 10.8. The maximum Gasteiger partial charge on any atom is 0.237 e. The molecule has 4 nitrogen and oxygen atoms in total. The normalized spacial score (nSPS) is 24.6. The highest BCUT2D eigenvalue weighted by molar-refractivity contribution is 5.85. The summed E-state index contributed by atoms with van der Waals surface area (Å²) in [7, 11) is 0. The number of hydrogen-bond acceptors (Lipinski definition) is 3. The van der Waals surface area contributed by atoms with E-state index in [1.54, 1.807) is 0 Å². The molecule has 3 fully saturated rings. The Morgan fingerprint density at radius 2 is 1.66 bits per heavy atom. The zero-order chi connectivity index (χ0) is 18.9. The SMILES string of the molecule is Cc1cc(C)cc(C2(CNC(=O)C3CC4(CCNCC4)CN3)CCCC2)c1.Cl.Cl. The van der Waals surface area contributed by atoms with Gasteiger partial charge in [0.05, 0.1) is 6.04 Å². The van der Waals surface area contributed by atoms with Crippen LogP contribution in [-0.4, -0.2) is 38.1 Å². The Morgan fingerprint density at radius 1 is 1.03 bits per heavy atom. The second-order valence-corrected chi connectivity index (χ2v) is 9.47. The first kappa shape index (κ1) is 24.5. The standard InChI is InChI=1S/C23H35N3O.2ClH/c1-17-11-18(2)13-19(12-17)23(5-3-4-6-23)16-26-21(27)20-14-22(15-25-20)7-9-24-10-8-22;;/h11-13,20,24-25H,3-10,14-16H2,1-2H3,(H,26,27);2*1H. The lowest BCUT2D eigenvalue weighted by Gasteiger charge is -2.33. The van der Waals surface area contributed by atoms with Crippen LogP contribution in [-0.2, 0) is 10.2 Å². The van der Waals surface area contributed by atoms with E-state index in [4.69, 9.17) is 0 Å². The van der Waals surface area contributed by atoms with Crippen molar-refractivity contribution in [2.45, 2.75) is 70.3 Å². The summed E-state index contributed by atoms with van der Waals surface area (Å²) in [4.78, 5) is 12.9. The molecule has 1 atom stereocenters. The van der Waals surface area contributed by atoms with Crippen molar-refractivity contribution in [2.75, 3.05) is 26.2 Å². The fourth-order valence-corrected chi connectivity index (χ4v) is 5.72. The smallest absolute Gasteiger partial charge is 0.237 e. The van der Waals surface area contributed by atoms with Crippen LogP contribution in [0.2, 0.25) is 0 Å². The second kappa shape index (κ2) is 10.00. The molecule has 2 aliphatic heterocycles. The summed E-state index contributed by atoms with van der Waals surface area (Å²) < 4.78 is 0. The Kier molecular flexibility index (Phi) is 8.43. The maximum atomic E-state index is 12.9. The van der Waals surface area contributed by atoms with Crippen molar-refractivity contribution in [3.63, 3.8) is 0 Å². The number of rotatable bonds is 4. The number of piperidine rings is 1. The van der Waals surface area contributed by atoms with Crippen LogP contribution >= 0.6 is 24.8 Å². The third-order valence-electron chi connectivity index (χ3n) is 7.34. The molecule has 6 heteroatoms. The largest absolute Gasteiger partial charge is 0.354 e. The van der Waals surface area contributed by atoms with Crippen molar-refractivity contribution >= 4 is 30.7 Å². The summed E-state index contributed by atoms with van der Waals surface area (Å²) in [5, 5.41) is 10.3. The molecule has 2 heterocycles. The molecular weight excluding hydrogens is 405 g/mol. The minimum Gasteiger partial charge on any atom is -0.354 e. The average Bonchev–Trinajstić information content (AvgIpc) is 3.28. The molecule has 3 N–H and O–H groups in total. The molecule has 164 valence electrons. The fraction of sp³-hybridized carbons (Fsp3) is 0.696. The van der Waals surface area contributed by atoms with Gasteiger partial charge in [0.1, 0.15) is 0 Å². The molecule has 2 saturated heterocycles. The van der Waals surface area contributed by atoms with Gasteiger partial charge >= 0.3 is 0 Å². The van der Waals surface area contributed by atoms with Gasteiger partial charge in [-0.25, -0.2) is 0 Å². The number of carbonyl (C=O) groups excluding carboxylic acids is 1. The summed E-state index contributed by atoms with van der Waals surface area (Å²) in [6.45, 7) is 8.31. The zero-order valence-electron chi connectivity index (χ0n) is 17.8. The fourth-order valence-electron chi connectivity index (χ4n) is 5.72. The van der Waals surface area contributed by atoms with E-state index in [2.05, 4.69) is 48.0 Å². The van der Waals surface area contributed by atoms with Gasteiger partial charge in [0.2, 0.25) is 5.91 Å². The second-order valence-electron chi connectivity index (χ2n) is 9.47. The average molecular weight is 442 g/mol. The van der Waals surface area contributed by atoms with Gasteiger partial charge in [-0.15, -0.1) is 24.8 Å². The van der Waals surface area contributed by atoms with Crippen molar-refractivity contribution in [1.29, 1.82) is 0 Å². The van der Waals surface area contributed by atoms with Gasteiger partial charge < -0.3 is 16.0 Å². The molecule has 1 aromatic carbocycles. The van der Waals surface area contributed by atoms with Crippen LogP contribution in [0.4, 0.5) is 0 Å². The van der Waals surface area contributed by atoms with E-state index in [1.807, 2.05) is 0 Å². The van der Waals surface area contributed by atoms with E-state index >= 15 is 0 Å². The summed E-state index contributed by atoms with van der Waals surface area (Å²) >= 11 is 0. The van der Waals surface area contributed by atoms with Crippen LogP contribution in [0.25, 0.3) is 0 Å². The molecule has 0 bridgehead atoms. The molecule has 3 aliphatic rings. The van der Waals surface area contributed by atoms with E-state index in [9.17, 15) is 4.79 Å². The highest BCUT2D eigenvalue weighted by atomic mass is 35.5. The maximum absolute atomic E-state index is 12.9. The Hall–Kier alpha value is -0.810. The van der Waals surface area contributed by atoms with E-state index in [0.29, 0.717) is 5.41 Å². The molecule has 1 saturated carbocycles. The van der Waals surface area contributed by atoms with E-state index in [0.717, 1.165) is 32.6 Å². The lowest BCUT2D eigenvalue weighted by molar-refractivity contribution is -0.123. The Bertz CT molecular complexity index is 677. The molecular formula is C23H37Cl2N3O. The van der Waals surface area contributed by atoms with Crippen LogP contribution in [0.3, 0.4) is 0 Å². The van der Waals surface area contributed by atoms with Gasteiger partial charge in [-0.2, -0.15) is 0 Å². The van der Waals surface area contributed by atoms with Crippen molar-refractivity contribution in [3.05, 3.63) is 34.9 Å². The number of nitrogens with one attached hydrogen (secondary N) is 3. The zero-order valence-corrected chi connectivity index (χ0v) is 19.4. The van der Waals surface area contributed by atoms with Gasteiger partial charge in [-0.05, 0) is 70.0 Å². The van der Waals surface area contributed by atoms with Gasteiger partial charge in [-0.1, -0.05) is 42.2 Å². The quantitative estimate of drug-likeness (QED) is 0.665. The van der Waals surface area contributed by atoms with Crippen LogP contribution < -0.4 is 16.0 Å². The molecule has 4 rings (SSSR count). The predicted octanol–water partition coefficient (Wildman–Crippen LogP) is 3.81. The van der Waals surface area contributed by atoms with Crippen LogP contribution in [0.15, 0.2) is 18.2 Å². The number of benzene rings is 1. The van der Waals surface area contributed by atoms with E-state index < -0.39 is 0 Å². The first-order valence-electron chi connectivity index (χ1n) is 10.8. The number of halogens is 2. The van der Waals surface area contributed by atoms with Crippen molar-refractivity contribution < 1.29 is 4.79 Å². The lowest BCUT2D eigenvalue weighted by Crippen LogP contribution is -2.46. The van der Waals surface area contributed by atoms with Crippen molar-refractivity contribution in [1.82, 2.24) is 16.0 Å². The molecule has 0 aromatic heterocycles.